The summed E-state index contributed by atoms with van der Waals surface area (Å²) in [4.78, 5) is 11.8. The molecule has 0 atom stereocenters. The highest BCUT2D eigenvalue weighted by Gasteiger charge is 2.17. The summed E-state index contributed by atoms with van der Waals surface area (Å²) in [5.41, 5.74) is 1.33. The van der Waals surface area contributed by atoms with Gasteiger partial charge < -0.3 is 5.32 Å². The Balaban J connectivity index is 1.97. The van der Waals surface area contributed by atoms with Gasteiger partial charge in [0.2, 0.25) is 0 Å². The van der Waals surface area contributed by atoms with Crippen molar-refractivity contribution in [3.05, 3.63) is 16.3 Å². The van der Waals surface area contributed by atoms with E-state index in [0.717, 1.165) is 16.5 Å². The Kier molecular flexibility index (Phi) is 3.92. The number of hydrogen-bond acceptors (Lipinski definition) is 4. The molecule has 20 heavy (non-hydrogen) atoms. The minimum absolute atomic E-state index is 0.578. The van der Waals surface area contributed by atoms with Gasteiger partial charge in [0, 0.05) is 10.9 Å². The third-order valence-corrected chi connectivity index (χ3v) is 5.44. The van der Waals surface area contributed by atoms with Crippen LogP contribution >= 0.6 is 11.3 Å². The van der Waals surface area contributed by atoms with Gasteiger partial charge in [-0.25, -0.2) is 9.97 Å². The van der Waals surface area contributed by atoms with Gasteiger partial charge in [-0.05, 0) is 39.2 Å². The average molecular weight is 289 g/mol. The number of thiophene rings is 1. The smallest absolute Gasteiger partial charge is 0.139 e. The molecule has 4 heteroatoms. The van der Waals surface area contributed by atoms with E-state index in [9.17, 15) is 0 Å². The highest BCUT2D eigenvalue weighted by molar-refractivity contribution is 7.18. The average Bonchev–Trinajstić information content (AvgIpc) is 2.59. The first-order chi connectivity index (χ1) is 9.65. The van der Waals surface area contributed by atoms with Crippen molar-refractivity contribution in [2.75, 3.05) is 5.32 Å². The molecule has 1 saturated carbocycles. The fraction of sp³-hybridized carbons (Fsp3) is 0.625. The fourth-order valence-electron chi connectivity index (χ4n) is 3.08. The molecule has 1 fully saturated rings. The monoisotopic (exact) mass is 289 g/mol. The van der Waals surface area contributed by atoms with Crippen molar-refractivity contribution < 1.29 is 0 Å². The van der Waals surface area contributed by atoms with Crippen molar-refractivity contribution >= 4 is 27.4 Å². The van der Waals surface area contributed by atoms with Crippen LogP contribution in [-0.4, -0.2) is 16.0 Å². The van der Waals surface area contributed by atoms with Gasteiger partial charge in [-0.15, -0.1) is 11.3 Å². The first kappa shape index (κ1) is 13.8. The van der Waals surface area contributed by atoms with Crippen LogP contribution in [0.15, 0.2) is 0 Å². The maximum absolute atomic E-state index is 4.68. The highest BCUT2D eigenvalue weighted by atomic mass is 32.1. The molecule has 0 bridgehead atoms. The van der Waals surface area contributed by atoms with E-state index in [0.29, 0.717) is 6.04 Å². The van der Waals surface area contributed by atoms with Crippen LogP contribution in [-0.2, 0) is 0 Å². The fourth-order valence-corrected chi connectivity index (χ4v) is 4.15. The predicted molar refractivity (Wildman–Crippen MR) is 86.7 cm³/mol. The van der Waals surface area contributed by atoms with Crippen LogP contribution in [0.5, 0.6) is 0 Å². The molecular formula is C16H23N3S. The van der Waals surface area contributed by atoms with Gasteiger partial charge in [-0.1, -0.05) is 25.7 Å². The van der Waals surface area contributed by atoms with Crippen LogP contribution in [0.1, 0.15) is 54.8 Å². The zero-order chi connectivity index (χ0) is 14.1. The number of nitrogens with one attached hydrogen (secondary N) is 1. The van der Waals surface area contributed by atoms with Gasteiger partial charge in [0.25, 0.3) is 0 Å². The second kappa shape index (κ2) is 5.68. The molecule has 2 aromatic rings. The van der Waals surface area contributed by atoms with Crippen LogP contribution in [0.2, 0.25) is 0 Å². The van der Waals surface area contributed by atoms with Gasteiger partial charge in [-0.2, -0.15) is 0 Å². The third kappa shape index (κ3) is 2.66. The number of hydrogen-bond donors (Lipinski definition) is 1. The van der Waals surface area contributed by atoms with Crippen LogP contribution < -0.4 is 5.32 Å². The standard InChI is InChI=1S/C16H23N3S/c1-10-11(2)20-16-14(10)15(17-12(3)18-16)19-13-8-6-4-5-7-9-13/h13H,4-9H2,1-3H3,(H,17,18,19). The topological polar surface area (TPSA) is 37.8 Å². The molecule has 3 nitrogen and oxygen atoms in total. The molecule has 2 aromatic heterocycles. The van der Waals surface area contributed by atoms with Gasteiger partial charge >= 0.3 is 0 Å². The third-order valence-electron chi connectivity index (χ3n) is 4.34. The van der Waals surface area contributed by atoms with Crippen LogP contribution in [0.25, 0.3) is 10.2 Å². The minimum Gasteiger partial charge on any atom is -0.367 e. The molecular weight excluding hydrogens is 266 g/mol. The lowest BCUT2D eigenvalue weighted by molar-refractivity contribution is 0.618. The largest absolute Gasteiger partial charge is 0.367 e. The summed E-state index contributed by atoms with van der Waals surface area (Å²) in [5.74, 6) is 1.93. The zero-order valence-electron chi connectivity index (χ0n) is 12.6. The summed E-state index contributed by atoms with van der Waals surface area (Å²) >= 11 is 1.78. The first-order valence-corrected chi connectivity index (χ1v) is 8.47. The number of aryl methyl sites for hydroxylation is 3. The summed E-state index contributed by atoms with van der Waals surface area (Å²) in [6, 6.07) is 0.578. The molecule has 1 aliphatic carbocycles. The van der Waals surface area contributed by atoms with Gasteiger partial charge in [0.05, 0.1) is 5.39 Å². The maximum atomic E-state index is 4.68. The maximum Gasteiger partial charge on any atom is 0.139 e. The van der Waals surface area contributed by atoms with E-state index in [-0.39, 0.29) is 0 Å². The summed E-state index contributed by atoms with van der Waals surface area (Å²) in [6.07, 6.45) is 7.98. The second-order valence-electron chi connectivity index (χ2n) is 5.92. The molecule has 0 amide bonds. The lowest BCUT2D eigenvalue weighted by atomic mass is 10.1. The lowest BCUT2D eigenvalue weighted by Crippen LogP contribution is -2.19. The molecule has 0 saturated heterocycles. The molecule has 0 aliphatic heterocycles. The van der Waals surface area contributed by atoms with E-state index < -0.39 is 0 Å². The summed E-state index contributed by atoms with van der Waals surface area (Å²) < 4.78 is 0. The predicted octanol–water partition coefficient (Wildman–Crippen LogP) is 4.75. The van der Waals surface area contributed by atoms with E-state index in [2.05, 4.69) is 29.1 Å². The van der Waals surface area contributed by atoms with E-state index >= 15 is 0 Å². The molecule has 2 heterocycles. The van der Waals surface area contributed by atoms with E-state index in [1.165, 1.54) is 54.4 Å². The van der Waals surface area contributed by atoms with Crippen molar-refractivity contribution in [3.8, 4) is 0 Å². The van der Waals surface area contributed by atoms with Crippen molar-refractivity contribution in [1.29, 1.82) is 0 Å². The molecule has 108 valence electrons. The Morgan fingerprint density at radius 2 is 1.70 bits per heavy atom. The Morgan fingerprint density at radius 1 is 1.00 bits per heavy atom. The van der Waals surface area contributed by atoms with Crippen molar-refractivity contribution in [2.45, 2.75) is 65.3 Å². The molecule has 0 aromatic carbocycles. The molecule has 0 radical (unpaired) electrons. The first-order valence-electron chi connectivity index (χ1n) is 7.66. The van der Waals surface area contributed by atoms with Gasteiger partial charge in [0.15, 0.2) is 0 Å². The van der Waals surface area contributed by atoms with Crippen molar-refractivity contribution in [1.82, 2.24) is 9.97 Å². The molecule has 1 aliphatic rings. The zero-order valence-corrected chi connectivity index (χ0v) is 13.4. The highest BCUT2D eigenvalue weighted by Crippen LogP contribution is 2.34. The molecule has 0 unspecified atom stereocenters. The number of aromatic nitrogens is 2. The summed E-state index contributed by atoms with van der Waals surface area (Å²) in [7, 11) is 0. The van der Waals surface area contributed by atoms with E-state index in [1.807, 2.05) is 6.92 Å². The van der Waals surface area contributed by atoms with Crippen LogP contribution in [0, 0.1) is 20.8 Å². The quantitative estimate of drug-likeness (QED) is 0.811. The Bertz CT molecular complexity index is 610. The number of nitrogens with zero attached hydrogens (tertiary/aromatic N) is 2. The Morgan fingerprint density at radius 3 is 2.40 bits per heavy atom. The van der Waals surface area contributed by atoms with Gasteiger partial charge in [0.1, 0.15) is 16.5 Å². The Labute approximate surface area is 124 Å². The molecule has 3 rings (SSSR count). The van der Waals surface area contributed by atoms with E-state index in [1.54, 1.807) is 11.3 Å². The Hall–Kier alpha value is -1.16. The van der Waals surface area contributed by atoms with Gasteiger partial charge in [-0.3, -0.25) is 0 Å². The second-order valence-corrected chi connectivity index (χ2v) is 7.12. The summed E-state index contributed by atoms with van der Waals surface area (Å²) in [6.45, 7) is 6.35. The number of rotatable bonds is 2. The van der Waals surface area contributed by atoms with Crippen molar-refractivity contribution in [2.24, 2.45) is 0 Å². The van der Waals surface area contributed by atoms with Crippen molar-refractivity contribution in [3.63, 3.8) is 0 Å². The lowest BCUT2D eigenvalue weighted by Gasteiger charge is -2.18. The van der Waals surface area contributed by atoms with Crippen LogP contribution in [0.3, 0.4) is 0 Å². The SMILES string of the molecule is Cc1nc(NC2CCCCCC2)c2c(C)c(C)sc2n1. The minimum atomic E-state index is 0.578. The number of fused-ring (bicyclic) bond motifs is 1. The number of anilines is 1. The molecule has 0 spiro atoms. The normalized spacial score (nSPS) is 17.4. The van der Waals surface area contributed by atoms with E-state index in [4.69, 9.17) is 0 Å². The summed E-state index contributed by atoms with van der Waals surface area (Å²) in [5, 5.41) is 4.95. The van der Waals surface area contributed by atoms with Crippen LogP contribution in [0.4, 0.5) is 5.82 Å². The molecule has 1 N–H and O–H groups in total.